The van der Waals surface area contributed by atoms with Crippen molar-refractivity contribution in [1.29, 1.82) is 0 Å². The molecule has 0 fully saturated rings. The second kappa shape index (κ2) is 24.9. The number of aryl methyl sites for hydroxylation is 15. The van der Waals surface area contributed by atoms with E-state index in [4.69, 9.17) is 21.8 Å². The molecule has 0 aliphatic rings. The normalized spacial score (nSPS) is 12.2. The zero-order valence-electron chi connectivity index (χ0n) is 60.0. The smallest absolute Gasteiger partial charge is 0.216 e. The Morgan fingerprint density at radius 1 is 0.309 bits per heavy atom. The molecule has 0 unspecified atom stereocenters. The van der Waals surface area contributed by atoms with Crippen molar-refractivity contribution in [2.45, 2.75) is 95.9 Å². The number of furan rings is 4. The molecule has 0 atom stereocenters. The van der Waals surface area contributed by atoms with Crippen LogP contribution in [0.1, 0.15) is 90.6 Å². The van der Waals surface area contributed by atoms with Gasteiger partial charge in [0.05, 0.1) is 22.3 Å². The van der Waals surface area contributed by atoms with Gasteiger partial charge in [-0.1, -0.05) is 117 Å². The van der Waals surface area contributed by atoms with E-state index in [1.165, 1.54) is 122 Å². The van der Waals surface area contributed by atoms with Crippen LogP contribution in [0.25, 0.3) is 133 Å². The molecule has 0 radical (unpaired) electrons. The maximum Gasteiger partial charge on any atom is 0.216 e. The van der Waals surface area contributed by atoms with E-state index in [2.05, 4.69) is 239 Å². The van der Waals surface area contributed by atoms with Crippen molar-refractivity contribution in [3.63, 3.8) is 0 Å². The van der Waals surface area contributed by atoms with Crippen LogP contribution < -0.4 is 18.3 Å². The predicted molar refractivity (Wildman–Crippen MR) is 388 cm³/mol. The third-order valence-corrected chi connectivity index (χ3v) is 18.9. The molecule has 16 rings (SSSR count). The van der Waals surface area contributed by atoms with Gasteiger partial charge in [0, 0.05) is 94.2 Å². The Morgan fingerprint density at radius 3 is 1.17 bits per heavy atom. The van der Waals surface area contributed by atoms with Crippen LogP contribution in [0.15, 0.2) is 212 Å². The molecule has 0 bridgehead atoms. The third kappa shape index (κ3) is 11.2. The first kappa shape index (κ1) is 58.6. The number of hydrogen-bond donors (Lipinski definition) is 0. The summed E-state index contributed by atoms with van der Waals surface area (Å²) < 4.78 is 56.3. The highest BCUT2D eigenvalue weighted by Crippen LogP contribution is 2.43. The lowest BCUT2D eigenvalue weighted by molar-refractivity contribution is -0.660. The molecular formula is C86H84N4O4+4. The van der Waals surface area contributed by atoms with Gasteiger partial charge in [0.25, 0.3) is 0 Å². The lowest BCUT2D eigenvalue weighted by atomic mass is 9.95. The maximum atomic E-state index is 7.59. The molecule has 0 spiro atoms. The Morgan fingerprint density at radius 2 is 0.702 bits per heavy atom. The summed E-state index contributed by atoms with van der Waals surface area (Å²) in [6.45, 7) is 23.8. The van der Waals surface area contributed by atoms with Gasteiger partial charge in [-0.15, -0.1) is 0 Å². The summed E-state index contributed by atoms with van der Waals surface area (Å²) in [6.07, 6.45) is 8.17. The van der Waals surface area contributed by atoms with Crippen LogP contribution >= 0.6 is 0 Å². The average Bonchev–Trinajstić information content (AvgIpc) is 1.53. The summed E-state index contributed by atoms with van der Waals surface area (Å²) in [5.74, 6) is 0.497. The summed E-state index contributed by atoms with van der Waals surface area (Å²) in [5, 5.41) is 9.40. The zero-order chi connectivity index (χ0) is 68.6. The van der Waals surface area contributed by atoms with Crippen molar-refractivity contribution in [3.05, 3.63) is 261 Å². The van der Waals surface area contributed by atoms with E-state index in [1.807, 2.05) is 73.1 Å². The number of nitrogens with zero attached hydrogens (tertiary/aromatic N) is 4. The van der Waals surface area contributed by atoms with Gasteiger partial charge < -0.3 is 17.7 Å². The largest absolute Gasteiger partial charge is 0.455 e. The van der Waals surface area contributed by atoms with Crippen LogP contribution in [-0.4, -0.2) is 0 Å². The van der Waals surface area contributed by atoms with Crippen LogP contribution in [0.2, 0.25) is 0 Å². The number of rotatable bonds is 5. The molecule has 0 amide bonds. The topological polar surface area (TPSA) is 68.1 Å². The average molecular weight is 1240 g/mol. The van der Waals surface area contributed by atoms with Gasteiger partial charge in [0.1, 0.15) is 72.9 Å². The Balaban J connectivity index is 0.000000117. The fourth-order valence-electron chi connectivity index (χ4n) is 14.1. The minimum atomic E-state index is -2.11. The lowest BCUT2D eigenvalue weighted by Gasteiger charge is -2.10. The van der Waals surface area contributed by atoms with Crippen molar-refractivity contribution >= 4 is 87.8 Å². The van der Waals surface area contributed by atoms with Crippen molar-refractivity contribution in [2.75, 3.05) is 0 Å². The summed E-state index contributed by atoms with van der Waals surface area (Å²) in [6, 6.07) is 58.5. The minimum Gasteiger partial charge on any atom is -0.455 e. The fraction of sp³-hybridized carbons (Fsp3) is 0.209. The van der Waals surface area contributed by atoms with Crippen LogP contribution in [0.4, 0.5) is 0 Å². The molecule has 0 saturated carbocycles. The molecule has 8 heterocycles. The van der Waals surface area contributed by atoms with Gasteiger partial charge in [-0.05, 0) is 168 Å². The maximum absolute atomic E-state index is 7.59. The minimum absolute atomic E-state index is 0.327. The van der Waals surface area contributed by atoms with E-state index in [1.54, 1.807) is 12.3 Å². The van der Waals surface area contributed by atoms with Gasteiger partial charge in [0.2, 0.25) is 22.8 Å². The number of benzene rings is 8. The summed E-state index contributed by atoms with van der Waals surface area (Å²) in [4.78, 5) is 0. The van der Waals surface area contributed by atoms with Gasteiger partial charge in [-0.2, -0.15) is 0 Å². The molecule has 468 valence electrons. The first-order valence-corrected chi connectivity index (χ1v) is 32.5. The van der Waals surface area contributed by atoms with Gasteiger partial charge >= 0.3 is 0 Å². The van der Waals surface area contributed by atoms with E-state index in [9.17, 15) is 0 Å². The monoisotopic (exact) mass is 1240 g/mol. The number of para-hydroxylation sites is 4. The zero-order valence-corrected chi connectivity index (χ0v) is 57.0. The summed E-state index contributed by atoms with van der Waals surface area (Å²) in [5.41, 5.74) is 30.7. The number of pyridine rings is 4. The Labute approximate surface area is 555 Å². The molecule has 0 N–H and O–H groups in total. The van der Waals surface area contributed by atoms with Crippen LogP contribution in [-0.2, 0) is 28.2 Å². The molecular weight excluding hydrogens is 1150 g/mol. The van der Waals surface area contributed by atoms with Crippen molar-refractivity contribution in [1.82, 2.24) is 0 Å². The van der Waals surface area contributed by atoms with Gasteiger partial charge in [-0.25, -0.2) is 18.3 Å². The second-order valence-corrected chi connectivity index (χ2v) is 26.2. The van der Waals surface area contributed by atoms with E-state index in [0.29, 0.717) is 11.5 Å². The Kier molecular flexibility index (Phi) is 15.5. The highest BCUT2D eigenvalue weighted by molar-refractivity contribution is 6.14. The summed E-state index contributed by atoms with van der Waals surface area (Å²) >= 11 is 0. The molecule has 8 nitrogen and oxygen atoms in total. The van der Waals surface area contributed by atoms with Crippen molar-refractivity contribution < 1.29 is 40.0 Å². The fourth-order valence-corrected chi connectivity index (χ4v) is 14.1. The van der Waals surface area contributed by atoms with E-state index in [-0.39, 0.29) is 0 Å². The van der Waals surface area contributed by atoms with Crippen molar-refractivity contribution in [3.8, 4) is 45.0 Å². The van der Waals surface area contributed by atoms with E-state index < -0.39 is 6.85 Å². The van der Waals surface area contributed by atoms with E-state index in [0.717, 1.165) is 72.3 Å². The molecule has 0 saturated heterocycles. The standard InChI is InChI=1S/C23H24NO.C22H22NO.C21H20NO.C20H18NO/c1-14(2)17-10-11-24(5)19(13-17)22-16(4)12-15(3)21-18-8-6-7-9-20(18)25-23(21)22;1-13-11-18(23(5)12-16(13)4)21-15(3)10-14(2)20-17-8-6-7-9-19(17)24-22(20)21;1-13-9-10-17(22(4)12-13)20-15(3)11-14(2)19-16-7-5-6-8-18(16)23-21(19)20;1-13-8-11-17(21(3)12-13)19-14(2)9-10-16-15-6-4-5-7-18(15)22-20(16)19/h6-14H,1-5H3;6-12H,1-5H3;5-12H,1-4H3;4-12H,1-3H3/q4*+1/i;;;1D3. The van der Waals surface area contributed by atoms with E-state index >= 15 is 0 Å². The van der Waals surface area contributed by atoms with Gasteiger partial charge in [0.15, 0.2) is 24.8 Å². The molecule has 0 aliphatic carbocycles. The lowest BCUT2D eigenvalue weighted by Crippen LogP contribution is -2.31. The number of fused-ring (bicyclic) bond motifs is 12. The molecule has 8 aromatic heterocycles. The van der Waals surface area contributed by atoms with Crippen LogP contribution in [0.3, 0.4) is 0 Å². The highest BCUT2D eigenvalue weighted by Gasteiger charge is 2.27. The van der Waals surface area contributed by atoms with Crippen LogP contribution in [0, 0.1) is 76.1 Å². The predicted octanol–water partition coefficient (Wildman–Crippen LogP) is 20.8. The van der Waals surface area contributed by atoms with Gasteiger partial charge in [-0.3, -0.25) is 0 Å². The van der Waals surface area contributed by atoms with Crippen LogP contribution in [0.5, 0.6) is 0 Å². The molecule has 16 aromatic rings. The Bertz CT molecular complexity index is 5800. The second-order valence-electron chi connectivity index (χ2n) is 26.2. The first-order valence-electron chi connectivity index (χ1n) is 34.0. The van der Waals surface area contributed by atoms with Crippen molar-refractivity contribution in [2.24, 2.45) is 28.2 Å². The third-order valence-electron chi connectivity index (χ3n) is 18.9. The number of hydrogen-bond acceptors (Lipinski definition) is 4. The quantitative estimate of drug-likeness (QED) is 0.161. The first-order chi connectivity index (χ1) is 46.4. The Hall–Kier alpha value is -10.4. The number of aromatic nitrogens is 4. The molecule has 0 aliphatic heterocycles. The summed E-state index contributed by atoms with van der Waals surface area (Å²) in [7, 11) is 8.17. The molecule has 8 aromatic carbocycles. The molecule has 94 heavy (non-hydrogen) atoms. The highest BCUT2D eigenvalue weighted by atomic mass is 16.3. The SMILES string of the molecule is Cc1cc(-c2c(C)cc(C)c3c2oc2ccccc23)[n+](C)cc1C.Cc1cc(C)c2c(oc3ccccc32)c1-c1cc(C(C)C)cc[n+]1C.Cc1ccc(-c2c(C)cc(C)c3c2oc2ccccc23)[n+](C)c1.[2H]C([2H])([2H])c1ccc(-c2c(C)ccc3c2oc2ccccc23)[n+](C)c1. The molecule has 8 heteroatoms.